The molecule has 0 heterocycles. The Morgan fingerprint density at radius 2 is 1.71 bits per heavy atom. The van der Waals surface area contributed by atoms with Gasteiger partial charge in [-0.25, -0.2) is 0 Å². The Morgan fingerprint density at radius 1 is 1.29 bits per heavy atom. The van der Waals surface area contributed by atoms with Crippen LogP contribution < -0.4 is 5.73 Å². The number of rotatable bonds is 4. The lowest BCUT2D eigenvalue weighted by Gasteiger charge is -2.34. The average molecular weight is 202 g/mol. The van der Waals surface area contributed by atoms with Crippen LogP contribution >= 0.6 is 0 Å². The van der Waals surface area contributed by atoms with Crippen molar-refractivity contribution in [3.63, 3.8) is 0 Å². The van der Waals surface area contributed by atoms with E-state index in [0.29, 0.717) is 0 Å². The maximum atomic E-state index is 11.6. The van der Waals surface area contributed by atoms with Crippen LogP contribution in [0.25, 0.3) is 0 Å². The maximum Gasteiger partial charge on any atom is 0.166 e. The van der Waals surface area contributed by atoms with Crippen LogP contribution in [0.2, 0.25) is 0 Å². The van der Waals surface area contributed by atoms with E-state index in [0.717, 1.165) is 0 Å². The number of Topliss-reactive ketones (excluding diaryl/α,β-unsaturated/α-hetero) is 1. The van der Waals surface area contributed by atoms with Crippen molar-refractivity contribution in [2.75, 3.05) is 13.3 Å². The lowest BCUT2D eigenvalue weighted by Crippen LogP contribution is -2.52. The van der Waals surface area contributed by atoms with Gasteiger partial charge in [0.05, 0.1) is 18.8 Å². The van der Waals surface area contributed by atoms with Crippen molar-refractivity contribution in [1.29, 1.82) is 0 Å². The molecule has 0 atom stereocenters. The molecular weight excluding hydrogens is 180 g/mol. The fourth-order valence-electron chi connectivity index (χ4n) is 0.876. The van der Waals surface area contributed by atoms with Gasteiger partial charge in [-0.15, -0.1) is 0 Å². The van der Waals surface area contributed by atoms with Crippen LogP contribution in [0.15, 0.2) is 0 Å². The highest BCUT2D eigenvalue weighted by Crippen LogP contribution is 2.13. The summed E-state index contributed by atoms with van der Waals surface area (Å²) in [5.41, 5.74) is 4.61. The summed E-state index contributed by atoms with van der Waals surface area (Å²) in [6, 6.07) is 0. The molecule has 0 aliphatic rings. The van der Waals surface area contributed by atoms with Crippen LogP contribution in [0.3, 0.4) is 0 Å². The van der Waals surface area contributed by atoms with Gasteiger partial charge >= 0.3 is 0 Å². The molecule has 0 aromatic rings. The number of ketones is 1. The Hall–Kier alpha value is -0.450. The van der Waals surface area contributed by atoms with Crippen molar-refractivity contribution in [1.82, 2.24) is 4.90 Å². The molecule has 0 fully saturated rings. The molecule has 4 heteroatoms. The molecule has 0 aromatic heterocycles. The number of aliphatic hydroxyl groups excluding tert-OH is 1. The first-order valence-corrected chi connectivity index (χ1v) is 4.77. The van der Waals surface area contributed by atoms with Crippen LogP contribution in [-0.4, -0.2) is 40.1 Å². The summed E-state index contributed by atoms with van der Waals surface area (Å²) < 4.78 is 0. The third-order valence-electron chi connectivity index (χ3n) is 2.17. The lowest BCUT2D eigenvalue weighted by molar-refractivity contribution is -0.127. The highest BCUT2D eigenvalue weighted by molar-refractivity contribution is 5.89. The van der Waals surface area contributed by atoms with E-state index in [1.54, 1.807) is 18.7 Å². The molecule has 0 bridgehead atoms. The Balaban J connectivity index is 4.43. The minimum absolute atomic E-state index is 0.0681. The summed E-state index contributed by atoms with van der Waals surface area (Å²) in [4.78, 5) is 13.3. The van der Waals surface area contributed by atoms with E-state index in [1.165, 1.54) is 0 Å². The van der Waals surface area contributed by atoms with Crippen LogP contribution in [0.1, 0.15) is 34.6 Å². The Morgan fingerprint density at radius 3 is 1.93 bits per heavy atom. The molecule has 0 unspecified atom stereocenters. The number of hydrogen-bond acceptors (Lipinski definition) is 4. The molecule has 0 aliphatic heterocycles. The molecule has 0 rings (SSSR count). The summed E-state index contributed by atoms with van der Waals surface area (Å²) in [7, 11) is 0. The van der Waals surface area contributed by atoms with Gasteiger partial charge in [0.25, 0.3) is 0 Å². The summed E-state index contributed by atoms with van der Waals surface area (Å²) >= 11 is 0. The van der Waals surface area contributed by atoms with E-state index >= 15 is 0 Å². The summed E-state index contributed by atoms with van der Waals surface area (Å²) in [6.45, 7) is 9.23. The average Bonchev–Trinajstić information content (AvgIpc) is 1.95. The van der Waals surface area contributed by atoms with E-state index in [9.17, 15) is 4.79 Å². The lowest BCUT2D eigenvalue weighted by atomic mass is 9.98. The second-order valence-electron chi connectivity index (χ2n) is 5.16. The Kier molecular flexibility index (Phi) is 4.24. The Labute approximate surface area is 86.1 Å². The van der Waals surface area contributed by atoms with E-state index < -0.39 is 5.54 Å². The molecule has 84 valence electrons. The SMILES string of the molecule is CC(C)(N)C(=O)CN(CO)C(C)(C)C. The predicted octanol–water partition coefficient (Wildman–Crippen LogP) is 0.343. The summed E-state index contributed by atoms with van der Waals surface area (Å²) in [5, 5.41) is 9.11. The molecule has 0 aromatic carbocycles. The molecule has 0 spiro atoms. The number of carbonyl (C=O) groups is 1. The number of aliphatic hydroxyl groups is 1. The van der Waals surface area contributed by atoms with Gasteiger partial charge in [-0.3, -0.25) is 9.69 Å². The molecule has 0 amide bonds. The molecule has 0 saturated carbocycles. The van der Waals surface area contributed by atoms with Crippen molar-refractivity contribution >= 4 is 5.78 Å². The molecule has 0 saturated heterocycles. The zero-order valence-electron chi connectivity index (χ0n) is 9.79. The third kappa shape index (κ3) is 4.17. The molecule has 3 N–H and O–H groups in total. The second kappa shape index (κ2) is 4.38. The number of carbonyl (C=O) groups excluding carboxylic acids is 1. The monoisotopic (exact) mass is 202 g/mol. The van der Waals surface area contributed by atoms with Crippen molar-refractivity contribution < 1.29 is 9.90 Å². The highest BCUT2D eigenvalue weighted by atomic mass is 16.3. The van der Waals surface area contributed by atoms with Crippen molar-refractivity contribution in [2.24, 2.45) is 5.73 Å². The molecular formula is C10H22N2O2. The highest BCUT2D eigenvalue weighted by Gasteiger charge is 2.28. The van der Waals surface area contributed by atoms with Gasteiger partial charge in [-0.2, -0.15) is 0 Å². The van der Waals surface area contributed by atoms with Crippen molar-refractivity contribution in [3.05, 3.63) is 0 Å². The van der Waals surface area contributed by atoms with Gasteiger partial charge in [0.2, 0.25) is 0 Å². The zero-order chi connectivity index (χ0) is 11.6. The smallest absolute Gasteiger partial charge is 0.166 e. The normalized spacial score (nSPS) is 13.4. The van der Waals surface area contributed by atoms with Gasteiger partial charge in [-0.05, 0) is 34.6 Å². The quantitative estimate of drug-likeness (QED) is 0.645. The topological polar surface area (TPSA) is 66.6 Å². The van der Waals surface area contributed by atoms with Gasteiger partial charge in [0, 0.05) is 5.54 Å². The molecule has 0 radical (unpaired) electrons. The molecule has 4 nitrogen and oxygen atoms in total. The van der Waals surface area contributed by atoms with E-state index in [2.05, 4.69) is 0 Å². The first-order chi connectivity index (χ1) is 6.09. The van der Waals surface area contributed by atoms with Gasteiger partial charge in [0.15, 0.2) is 5.78 Å². The predicted molar refractivity (Wildman–Crippen MR) is 56.8 cm³/mol. The van der Waals surface area contributed by atoms with E-state index in [4.69, 9.17) is 10.8 Å². The van der Waals surface area contributed by atoms with Gasteiger partial charge in [-0.1, -0.05) is 0 Å². The van der Waals surface area contributed by atoms with Crippen molar-refractivity contribution in [2.45, 2.75) is 45.7 Å². The number of nitrogens with zero attached hydrogens (tertiary/aromatic N) is 1. The van der Waals surface area contributed by atoms with E-state index in [-0.39, 0.29) is 24.6 Å². The second-order valence-corrected chi connectivity index (χ2v) is 5.16. The third-order valence-corrected chi connectivity index (χ3v) is 2.17. The number of nitrogens with two attached hydrogens (primary N) is 1. The van der Waals surface area contributed by atoms with Crippen LogP contribution in [-0.2, 0) is 4.79 Å². The number of hydrogen-bond donors (Lipinski definition) is 2. The maximum absolute atomic E-state index is 11.6. The fraction of sp³-hybridized carbons (Fsp3) is 0.900. The first kappa shape index (κ1) is 13.5. The van der Waals surface area contributed by atoms with Gasteiger partial charge < -0.3 is 10.8 Å². The van der Waals surface area contributed by atoms with Gasteiger partial charge in [0.1, 0.15) is 0 Å². The zero-order valence-corrected chi connectivity index (χ0v) is 9.79. The van der Waals surface area contributed by atoms with Crippen LogP contribution in [0.5, 0.6) is 0 Å². The summed E-state index contributed by atoms with van der Waals surface area (Å²) in [6.07, 6.45) is 0. The van der Waals surface area contributed by atoms with Crippen LogP contribution in [0.4, 0.5) is 0 Å². The Bertz CT molecular complexity index is 201. The largest absolute Gasteiger partial charge is 0.381 e. The van der Waals surface area contributed by atoms with Crippen LogP contribution in [0, 0.1) is 0 Å². The molecule has 0 aliphatic carbocycles. The van der Waals surface area contributed by atoms with E-state index in [1.807, 2.05) is 20.8 Å². The minimum Gasteiger partial charge on any atom is -0.381 e. The standard InChI is InChI=1S/C10H22N2O2/c1-9(2,3)12(7-13)6-8(14)10(4,5)11/h13H,6-7,11H2,1-5H3. The minimum atomic E-state index is -0.835. The van der Waals surface area contributed by atoms with Crippen molar-refractivity contribution in [3.8, 4) is 0 Å². The molecule has 14 heavy (non-hydrogen) atoms. The fourth-order valence-corrected chi connectivity index (χ4v) is 0.876. The first-order valence-electron chi connectivity index (χ1n) is 4.77. The summed E-state index contributed by atoms with van der Waals surface area (Å²) in [5.74, 6) is -0.0681.